The Bertz CT molecular complexity index is 476. The molecule has 0 saturated carbocycles. The van der Waals surface area contributed by atoms with E-state index in [9.17, 15) is 0 Å². The van der Waals surface area contributed by atoms with Crippen LogP contribution in [0.3, 0.4) is 0 Å². The molecule has 0 radical (unpaired) electrons. The van der Waals surface area contributed by atoms with Crippen LogP contribution < -0.4 is 5.32 Å². The van der Waals surface area contributed by atoms with Gasteiger partial charge >= 0.3 is 0 Å². The first-order valence-electron chi connectivity index (χ1n) is 5.70. The minimum atomic E-state index is 0.203. The van der Waals surface area contributed by atoms with E-state index >= 15 is 0 Å². The predicted molar refractivity (Wildman–Crippen MR) is 78.0 cm³/mol. The molecule has 4 heteroatoms. The van der Waals surface area contributed by atoms with Crippen molar-refractivity contribution in [1.29, 1.82) is 0 Å². The fourth-order valence-corrected chi connectivity index (χ4v) is 2.35. The van der Waals surface area contributed by atoms with Gasteiger partial charge in [0, 0.05) is 16.3 Å². The second kappa shape index (κ2) is 5.64. The predicted octanol–water partition coefficient (Wildman–Crippen LogP) is 2.82. The molecule has 1 atom stereocenters. The maximum absolute atomic E-state index is 4.32. The Balaban J connectivity index is 2.36. The summed E-state index contributed by atoms with van der Waals surface area (Å²) in [5.74, 6) is 0. The van der Waals surface area contributed by atoms with E-state index < -0.39 is 0 Å². The van der Waals surface area contributed by atoms with E-state index in [2.05, 4.69) is 70.3 Å². The van der Waals surface area contributed by atoms with Gasteiger partial charge in [-0.25, -0.2) is 0 Å². The Morgan fingerprint density at radius 2 is 2.00 bits per heavy atom. The van der Waals surface area contributed by atoms with Gasteiger partial charge in [0.2, 0.25) is 0 Å². The standard InChI is InChI=1S/C13H16IN3/c1-3-17-12(8-9-16-17)13(15-2)10-4-6-11(14)7-5-10/h4-9,13,15H,3H2,1-2H3. The van der Waals surface area contributed by atoms with Gasteiger partial charge in [-0.15, -0.1) is 0 Å². The Labute approximate surface area is 115 Å². The van der Waals surface area contributed by atoms with E-state index in [1.54, 1.807) is 0 Å². The number of halogens is 1. The van der Waals surface area contributed by atoms with Gasteiger partial charge < -0.3 is 5.32 Å². The number of aromatic nitrogens is 2. The van der Waals surface area contributed by atoms with Gasteiger partial charge in [0.05, 0.1) is 11.7 Å². The molecule has 3 nitrogen and oxygen atoms in total. The van der Waals surface area contributed by atoms with Gasteiger partial charge in [0.1, 0.15) is 0 Å². The molecule has 2 aromatic rings. The second-order valence-electron chi connectivity index (χ2n) is 3.85. The molecule has 1 N–H and O–H groups in total. The number of hydrogen-bond acceptors (Lipinski definition) is 2. The summed E-state index contributed by atoms with van der Waals surface area (Å²) in [5.41, 5.74) is 2.47. The molecule has 0 amide bonds. The molecule has 0 spiro atoms. The first-order chi connectivity index (χ1) is 8.26. The minimum absolute atomic E-state index is 0.203. The topological polar surface area (TPSA) is 29.9 Å². The molecule has 2 rings (SSSR count). The van der Waals surface area contributed by atoms with Crippen molar-refractivity contribution >= 4 is 22.6 Å². The van der Waals surface area contributed by atoms with Crippen LogP contribution in [0.2, 0.25) is 0 Å². The highest BCUT2D eigenvalue weighted by molar-refractivity contribution is 14.1. The summed E-state index contributed by atoms with van der Waals surface area (Å²) in [4.78, 5) is 0. The molecule has 17 heavy (non-hydrogen) atoms. The second-order valence-corrected chi connectivity index (χ2v) is 5.09. The molecule has 0 aliphatic carbocycles. The van der Waals surface area contributed by atoms with Crippen LogP contribution in [0, 0.1) is 3.57 Å². The lowest BCUT2D eigenvalue weighted by molar-refractivity contribution is 0.563. The molecule has 0 fully saturated rings. The molecule has 1 aromatic heterocycles. The van der Waals surface area contributed by atoms with Crippen LogP contribution in [0.15, 0.2) is 36.5 Å². The molecule has 90 valence electrons. The monoisotopic (exact) mass is 341 g/mol. The van der Waals surface area contributed by atoms with E-state index in [0.29, 0.717) is 0 Å². The normalized spacial score (nSPS) is 12.6. The highest BCUT2D eigenvalue weighted by Gasteiger charge is 2.15. The van der Waals surface area contributed by atoms with Gasteiger partial charge in [0.15, 0.2) is 0 Å². The molecule has 1 heterocycles. The lowest BCUT2D eigenvalue weighted by Crippen LogP contribution is -2.21. The zero-order chi connectivity index (χ0) is 12.3. The van der Waals surface area contributed by atoms with Crippen molar-refractivity contribution in [2.24, 2.45) is 0 Å². The summed E-state index contributed by atoms with van der Waals surface area (Å²) >= 11 is 2.32. The van der Waals surface area contributed by atoms with Crippen molar-refractivity contribution in [3.8, 4) is 0 Å². The first-order valence-corrected chi connectivity index (χ1v) is 6.78. The Morgan fingerprint density at radius 1 is 1.29 bits per heavy atom. The number of hydrogen-bond donors (Lipinski definition) is 1. The average Bonchev–Trinajstić information content (AvgIpc) is 2.81. The third-order valence-corrected chi connectivity index (χ3v) is 3.56. The number of nitrogens with one attached hydrogen (secondary N) is 1. The van der Waals surface area contributed by atoms with E-state index in [1.165, 1.54) is 14.8 Å². The fourth-order valence-electron chi connectivity index (χ4n) is 1.99. The molecule has 0 aliphatic rings. The van der Waals surface area contributed by atoms with Crippen molar-refractivity contribution in [3.63, 3.8) is 0 Å². The number of aryl methyl sites for hydroxylation is 1. The third-order valence-electron chi connectivity index (χ3n) is 2.84. The number of benzene rings is 1. The van der Waals surface area contributed by atoms with Gasteiger partial charge in [0.25, 0.3) is 0 Å². The smallest absolute Gasteiger partial charge is 0.0745 e. The van der Waals surface area contributed by atoms with E-state index in [-0.39, 0.29) is 6.04 Å². The van der Waals surface area contributed by atoms with Crippen molar-refractivity contribution in [1.82, 2.24) is 15.1 Å². The highest BCUT2D eigenvalue weighted by Crippen LogP contribution is 2.22. The van der Waals surface area contributed by atoms with E-state index in [4.69, 9.17) is 0 Å². The van der Waals surface area contributed by atoms with Crippen LogP contribution in [-0.4, -0.2) is 16.8 Å². The SMILES string of the molecule is CCn1nccc1C(NC)c1ccc(I)cc1. The Morgan fingerprint density at radius 3 is 2.59 bits per heavy atom. The number of rotatable bonds is 4. The van der Waals surface area contributed by atoms with E-state index in [0.717, 1.165) is 6.54 Å². The van der Waals surface area contributed by atoms with Crippen molar-refractivity contribution in [2.45, 2.75) is 19.5 Å². The Hall–Kier alpha value is -0.880. The summed E-state index contributed by atoms with van der Waals surface area (Å²) in [7, 11) is 1.98. The number of nitrogens with zero attached hydrogens (tertiary/aromatic N) is 2. The van der Waals surface area contributed by atoms with Crippen LogP contribution in [0.5, 0.6) is 0 Å². The molecule has 0 aliphatic heterocycles. The van der Waals surface area contributed by atoms with Crippen LogP contribution in [0.25, 0.3) is 0 Å². The summed E-state index contributed by atoms with van der Waals surface area (Å²) in [6.45, 7) is 3.00. The van der Waals surface area contributed by atoms with Crippen molar-refractivity contribution in [2.75, 3.05) is 7.05 Å². The summed E-state index contributed by atoms with van der Waals surface area (Å²) < 4.78 is 3.28. The molecule has 1 aromatic carbocycles. The molecule has 0 bridgehead atoms. The third kappa shape index (κ3) is 2.69. The zero-order valence-electron chi connectivity index (χ0n) is 10.0. The van der Waals surface area contributed by atoms with Crippen molar-refractivity contribution in [3.05, 3.63) is 51.4 Å². The lowest BCUT2D eigenvalue weighted by Gasteiger charge is -2.18. The van der Waals surface area contributed by atoms with Crippen LogP contribution in [0.1, 0.15) is 24.2 Å². The van der Waals surface area contributed by atoms with Gasteiger partial charge in [-0.3, -0.25) is 4.68 Å². The molecule has 0 saturated heterocycles. The van der Waals surface area contributed by atoms with Gasteiger partial charge in [-0.2, -0.15) is 5.10 Å². The lowest BCUT2D eigenvalue weighted by atomic mass is 10.0. The quantitative estimate of drug-likeness (QED) is 0.867. The summed E-state index contributed by atoms with van der Waals surface area (Å²) in [5, 5.41) is 7.67. The zero-order valence-corrected chi connectivity index (χ0v) is 12.2. The minimum Gasteiger partial charge on any atom is -0.308 e. The first kappa shape index (κ1) is 12.6. The van der Waals surface area contributed by atoms with Crippen molar-refractivity contribution < 1.29 is 0 Å². The summed E-state index contributed by atoms with van der Waals surface area (Å²) in [6.07, 6.45) is 1.86. The average molecular weight is 341 g/mol. The van der Waals surface area contributed by atoms with Crippen LogP contribution in [-0.2, 0) is 6.54 Å². The maximum atomic E-state index is 4.32. The van der Waals surface area contributed by atoms with Crippen LogP contribution in [0.4, 0.5) is 0 Å². The Kier molecular flexibility index (Phi) is 4.17. The summed E-state index contributed by atoms with van der Waals surface area (Å²) in [6, 6.07) is 10.9. The van der Waals surface area contributed by atoms with E-state index in [1.807, 2.05) is 17.9 Å². The molecule has 1 unspecified atom stereocenters. The molecular formula is C13H16IN3. The van der Waals surface area contributed by atoms with Gasteiger partial charge in [-0.1, -0.05) is 12.1 Å². The van der Waals surface area contributed by atoms with Crippen LogP contribution >= 0.6 is 22.6 Å². The maximum Gasteiger partial charge on any atom is 0.0745 e. The van der Waals surface area contributed by atoms with Gasteiger partial charge in [-0.05, 0) is 60.3 Å². The fraction of sp³-hybridized carbons (Fsp3) is 0.308. The largest absolute Gasteiger partial charge is 0.308 e. The molecular weight excluding hydrogens is 325 g/mol. The highest BCUT2D eigenvalue weighted by atomic mass is 127.